The monoisotopic (exact) mass is 376 g/mol. The molecule has 0 bridgehead atoms. The zero-order chi connectivity index (χ0) is 19.5. The first kappa shape index (κ1) is 19.6. The Kier molecular flexibility index (Phi) is 5.79. The third-order valence-electron chi connectivity index (χ3n) is 3.82. The minimum absolute atomic E-state index is 0.0842. The second-order valence-corrected chi connectivity index (χ2v) is 7.92. The molecule has 138 valence electrons. The number of hydrogen-bond donors (Lipinski definition) is 1. The minimum atomic E-state index is -3.62. The van der Waals surface area contributed by atoms with Crippen molar-refractivity contribution in [3.63, 3.8) is 0 Å². The van der Waals surface area contributed by atoms with Gasteiger partial charge in [-0.25, -0.2) is 13.2 Å². The number of rotatable bonds is 6. The van der Waals surface area contributed by atoms with Gasteiger partial charge in [-0.2, -0.15) is 4.31 Å². The number of sulfonamides is 1. The Bertz CT molecular complexity index is 921. The van der Waals surface area contributed by atoms with Crippen LogP contribution in [0, 0.1) is 0 Å². The molecule has 0 atom stereocenters. The molecule has 0 aliphatic rings. The van der Waals surface area contributed by atoms with Crippen molar-refractivity contribution in [2.75, 3.05) is 7.05 Å². The average molecular weight is 376 g/mol. The Hall–Kier alpha value is -2.71. The van der Waals surface area contributed by atoms with Crippen LogP contribution in [-0.2, 0) is 10.0 Å². The van der Waals surface area contributed by atoms with Gasteiger partial charge < -0.3 is 10.5 Å². The summed E-state index contributed by atoms with van der Waals surface area (Å²) in [4.78, 5) is 23.4. The second-order valence-electron chi connectivity index (χ2n) is 5.92. The van der Waals surface area contributed by atoms with E-state index in [1.165, 1.54) is 53.8 Å². The summed E-state index contributed by atoms with van der Waals surface area (Å²) in [6.45, 7) is 3.53. The molecule has 0 saturated heterocycles. The Morgan fingerprint density at radius 1 is 1.04 bits per heavy atom. The van der Waals surface area contributed by atoms with Crippen molar-refractivity contribution in [2.45, 2.75) is 24.8 Å². The smallest absolute Gasteiger partial charge is 0.343 e. The van der Waals surface area contributed by atoms with E-state index >= 15 is 0 Å². The van der Waals surface area contributed by atoms with E-state index in [1.807, 2.05) is 0 Å². The highest BCUT2D eigenvalue weighted by Gasteiger charge is 2.23. The Morgan fingerprint density at radius 3 is 2.19 bits per heavy atom. The number of nitrogens with zero attached hydrogens (tertiary/aromatic N) is 1. The van der Waals surface area contributed by atoms with Crippen LogP contribution >= 0.6 is 0 Å². The van der Waals surface area contributed by atoms with E-state index in [0.29, 0.717) is 0 Å². The summed E-state index contributed by atoms with van der Waals surface area (Å²) in [5.41, 5.74) is 5.58. The van der Waals surface area contributed by atoms with E-state index in [-0.39, 0.29) is 27.8 Å². The third-order valence-corrected chi connectivity index (χ3v) is 5.87. The lowest BCUT2D eigenvalue weighted by Crippen LogP contribution is -2.33. The number of ether oxygens (including phenoxy) is 1. The summed E-state index contributed by atoms with van der Waals surface area (Å²) in [6, 6.07) is 11.2. The lowest BCUT2D eigenvalue weighted by atomic mass is 10.2. The highest BCUT2D eigenvalue weighted by molar-refractivity contribution is 7.89. The van der Waals surface area contributed by atoms with E-state index in [1.54, 1.807) is 19.9 Å². The predicted octanol–water partition coefficient (Wildman–Crippen LogP) is 2.03. The number of esters is 1. The Balaban J connectivity index is 2.19. The van der Waals surface area contributed by atoms with Gasteiger partial charge in [-0.15, -0.1) is 0 Å². The van der Waals surface area contributed by atoms with Crippen molar-refractivity contribution in [3.05, 3.63) is 59.7 Å². The topological polar surface area (TPSA) is 107 Å². The maximum absolute atomic E-state index is 12.4. The van der Waals surface area contributed by atoms with E-state index < -0.39 is 21.9 Å². The number of amides is 1. The Labute approximate surface area is 152 Å². The lowest BCUT2D eigenvalue weighted by Gasteiger charge is -2.20. The molecular formula is C18H20N2O5S. The maximum atomic E-state index is 12.4. The zero-order valence-corrected chi connectivity index (χ0v) is 15.5. The fraction of sp³-hybridized carbons (Fsp3) is 0.222. The molecule has 2 rings (SSSR count). The molecule has 7 nitrogen and oxygen atoms in total. The van der Waals surface area contributed by atoms with Gasteiger partial charge in [-0.3, -0.25) is 4.79 Å². The highest BCUT2D eigenvalue weighted by Crippen LogP contribution is 2.19. The molecule has 0 heterocycles. The molecule has 2 N–H and O–H groups in total. The van der Waals surface area contributed by atoms with Gasteiger partial charge in [-0.05, 0) is 56.3 Å². The van der Waals surface area contributed by atoms with Gasteiger partial charge in [0, 0.05) is 18.7 Å². The number of nitrogens with two attached hydrogens (primary N) is 1. The molecule has 0 aliphatic carbocycles. The predicted molar refractivity (Wildman–Crippen MR) is 96.4 cm³/mol. The van der Waals surface area contributed by atoms with E-state index in [2.05, 4.69) is 0 Å². The van der Waals surface area contributed by atoms with Crippen LogP contribution in [0.25, 0.3) is 0 Å². The SMILES string of the molecule is CC(C)N(C)S(=O)(=O)c1ccc(C(=O)Oc2cccc(C(N)=O)c2)cc1. The number of primary amides is 1. The molecule has 0 radical (unpaired) electrons. The van der Waals surface area contributed by atoms with Gasteiger partial charge in [-0.1, -0.05) is 6.07 Å². The van der Waals surface area contributed by atoms with Crippen molar-refractivity contribution >= 4 is 21.9 Å². The summed E-state index contributed by atoms with van der Waals surface area (Å²) >= 11 is 0. The quantitative estimate of drug-likeness (QED) is 0.613. The minimum Gasteiger partial charge on any atom is -0.423 e. The third kappa shape index (κ3) is 4.27. The number of hydrogen-bond acceptors (Lipinski definition) is 5. The van der Waals surface area contributed by atoms with Crippen LogP contribution < -0.4 is 10.5 Å². The average Bonchev–Trinajstić information content (AvgIpc) is 2.61. The molecule has 0 fully saturated rings. The van der Waals surface area contributed by atoms with Gasteiger partial charge in [0.15, 0.2) is 0 Å². The normalized spacial score (nSPS) is 11.6. The summed E-state index contributed by atoms with van der Waals surface area (Å²) in [5.74, 6) is -1.14. The molecule has 26 heavy (non-hydrogen) atoms. The largest absolute Gasteiger partial charge is 0.423 e. The van der Waals surface area contributed by atoms with Crippen molar-refractivity contribution < 1.29 is 22.7 Å². The second kappa shape index (κ2) is 7.67. The summed E-state index contributed by atoms with van der Waals surface area (Å²) in [7, 11) is -2.13. The molecule has 8 heteroatoms. The van der Waals surface area contributed by atoms with Crippen LogP contribution in [0.1, 0.15) is 34.6 Å². The number of carbonyl (C=O) groups excluding carboxylic acids is 2. The molecule has 1 amide bonds. The maximum Gasteiger partial charge on any atom is 0.343 e. The van der Waals surface area contributed by atoms with Gasteiger partial charge in [0.05, 0.1) is 10.5 Å². The summed E-state index contributed by atoms with van der Waals surface area (Å²) in [6.07, 6.45) is 0. The van der Waals surface area contributed by atoms with Crippen LogP contribution in [0.4, 0.5) is 0 Å². The summed E-state index contributed by atoms with van der Waals surface area (Å²) < 4.78 is 31.3. The molecule has 0 spiro atoms. The number of carbonyl (C=O) groups is 2. The van der Waals surface area contributed by atoms with Crippen LogP contribution in [0.15, 0.2) is 53.4 Å². The van der Waals surface area contributed by atoms with Crippen LogP contribution in [0.5, 0.6) is 5.75 Å². The lowest BCUT2D eigenvalue weighted by molar-refractivity contribution is 0.0733. The first-order valence-corrected chi connectivity index (χ1v) is 9.27. The molecular weight excluding hydrogens is 356 g/mol. The van der Waals surface area contributed by atoms with Crippen molar-refractivity contribution in [2.24, 2.45) is 5.73 Å². The molecule has 0 aliphatic heterocycles. The van der Waals surface area contributed by atoms with Gasteiger partial charge in [0.1, 0.15) is 5.75 Å². The Morgan fingerprint density at radius 2 is 1.65 bits per heavy atom. The fourth-order valence-corrected chi connectivity index (χ4v) is 3.45. The summed E-state index contributed by atoms with van der Waals surface area (Å²) in [5, 5.41) is 0. The molecule has 0 aromatic heterocycles. The van der Waals surface area contributed by atoms with Crippen molar-refractivity contribution in [1.29, 1.82) is 0 Å². The van der Waals surface area contributed by atoms with E-state index in [0.717, 1.165) is 0 Å². The van der Waals surface area contributed by atoms with Gasteiger partial charge in [0.25, 0.3) is 0 Å². The first-order valence-electron chi connectivity index (χ1n) is 7.83. The molecule has 0 unspecified atom stereocenters. The van der Waals surface area contributed by atoms with Crippen LogP contribution in [0.2, 0.25) is 0 Å². The van der Waals surface area contributed by atoms with Crippen LogP contribution in [0.3, 0.4) is 0 Å². The van der Waals surface area contributed by atoms with E-state index in [4.69, 9.17) is 10.5 Å². The van der Waals surface area contributed by atoms with Crippen molar-refractivity contribution in [1.82, 2.24) is 4.31 Å². The molecule has 2 aromatic rings. The first-order chi connectivity index (χ1) is 12.1. The highest BCUT2D eigenvalue weighted by atomic mass is 32.2. The van der Waals surface area contributed by atoms with Crippen molar-refractivity contribution in [3.8, 4) is 5.75 Å². The van der Waals surface area contributed by atoms with Gasteiger partial charge in [0.2, 0.25) is 15.9 Å². The molecule has 0 saturated carbocycles. The standard InChI is InChI=1S/C18H20N2O5S/c1-12(2)20(3)26(23,24)16-9-7-13(8-10-16)18(22)25-15-6-4-5-14(11-15)17(19)21/h4-12H,1-3H3,(H2,19,21). The fourth-order valence-electron chi connectivity index (χ4n) is 2.09. The van der Waals surface area contributed by atoms with Gasteiger partial charge >= 0.3 is 5.97 Å². The number of benzene rings is 2. The van der Waals surface area contributed by atoms with Crippen LogP contribution in [-0.4, -0.2) is 37.7 Å². The van der Waals surface area contributed by atoms with E-state index in [9.17, 15) is 18.0 Å². The zero-order valence-electron chi connectivity index (χ0n) is 14.7. The molecule has 2 aromatic carbocycles.